The molecule has 2 aromatic heterocycles. The standard InChI is InChI=1S/C25H31N5O3/c1-5-33-19-12-7-6-11-18(19)24(32)27-16-10-14-23(31)28-22-17-20(25(2,3)4)29-30(22)21-13-8-9-15-26-21/h6-9,11-13,15,17H,5,10,14,16H2,1-4H3,(H,27,32)(H,28,31). The predicted octanol–water partition coefficient (Wildman–Crippen LogP) is 4.11. The Labute approximate surface area is 194 Å². The van der Waals surface area contributed by atoms with Gasteiger partial charge in [-0.3, -0.25) is 9.59 Å². The van der Waals surface area contributed by atoms with Crippen molar-refractivity contribution in [3.63, 3.8) is 0 Å². The Balaban J connectivity index is 1.58. The monoisotopic (exact) mass is 449 g/mol. The summed E-state index contributed by atoms with van der Waals surface area (Å²) in [6.45, 7) is 8.93. The molecule has 33 heavy (non-hydrogen) atoms. The number of pyridine rings is 1. The molecule has 3 aromatic rings. The number of carbonyl (C=O) groups is 2. The van der Waals surface area contributed by atoms with Crippen LogP contribution in [0.15, 0.2) is 54.7 Å². The highest BCUT2D eigenvalue weighted by Crippen LogP contribution is 2.26. The number of nitrogens with one attached hydrogen (secondary N) is 2. The fourth-order valence-electron chi connectivity index (χ4n) is 3.18. The Bertz CT molecular complexity index is 1090. The fourth-order valence-corrected chi connectivity index (χ4v) is 3.18. The molecule has 2 heterocycles. The van der Waals surface area contributed by atoms with Crippen molar-refractivity contribution >= 4 is 17.6 Å². The molecular formula is C25H31N5O3. The number of anilines is 1. The van der Waals surface area contributed by atoms with Gasteiger partial charge in [0.15, 0.2) is 5.82 Å². The number of rotatable bonds is 9. The number of carbonyl (C=O) groups excluding carboxylic acids is 2. The molecule has 0 bridgehead atoms. The van der Waals surface area contributed by atoms with Crippen LogP contribution in [-0.2, 0) is 10.2 Å². The lowest BCUT2D eigenvalue weighted by atomic mass is 9.92. The first-order chi connectivity index (χ1) is 15.8. The molecule has 0 saturated heterocycles. The Morgan fingerprint density at radius 3 is 2.55 bits per heavy atom. The Kier molecular flexibility index (Phi) is 7.82. The van der Waals surface area contributed by atoms with Crippen LogP contribution in [0.2, 0.25) is 0 Å². The van der Waals surface area contributed by atoms with E-state index < -0.39 is 0 Å². The van der Waals surface area contributed by atoms with Gasteiger partial charge in [-0.1, -0.05) is 39.0 Å². The van der Waals surface area contributed by atoms with Gasteiger partial charge < -0.3 is 15.4 Å². The molecule has 2 amide bonds. The number of benzene rings is 1. The summed E-state index contributed by atoms with van der Waals surface area (Å²) < 4.78 is 7.15. The molecule has 0 fully saturated rings. The van der Waals surface area contributed by atoms with E-state index in [1.54, 1.807) is 29.1 Å². The zero-order valence-corrected chi connectivity index (χ0v) is 19.6. The molecule has 1 aromatic carbocycles. The van der Waals surface area contributed by atoms with Crippen molar-refractivity contribution in [2.45, 2.75) is 46.0 Å². The van der Waals surface area contributed by atoms with Gasteiger partial charge in [-0.05, 0) is 37.6 Å². The van der Waals surface area contributed by atoms with Crippen LogP contribution >= 0.6 is 0 Å². The summed E-state index contributed by atoms with van der Waals surface area (Å²) in [5.74, 6) is 1.37. The molecule has 3 rings (SSSR count). The maximum Gasteiger partial charge on any atom is 0.255 e. The minimum Gasteiger partial charge on any atom is -0.493 e. The van der Waals surface area contributed by atoms with Gasteiger partial charge in [-0.25, -0.2) is 4.98 Å². The van der Waals surface area contributed by atoms with Crippen molar-refractivity contribution in [2.75, 3.05) is 18.5 Å². The van der Waals surface area contributed by atoms with Gasteiger partial charge in [-0.15, -0.1) is 0 Å². The highest BCUT2D eigenvalue weighted by molar-refractivity contribution is 5.97. The van der Waals surface area contributed by atoms with E-state index >= 15 is 0 Å². The van der Waals surface area contributed by atoms with Crippen LogP contribution in [0.25, 0.3) is 5.82 Å². The molecule has 0 saturated carbocycles. The molecule has 0 spiro atoms. The molecule has 0 unspecified atom stereocenters. The van der Waals surface area contributed by atoms with Crippen molar-refractivity contribution in [2.24, 2.45) is 0 Å². The van der Waals surface area contributed by atoms with Gasteiger partial charge in [0.05, 0.1) is 17.9 Å². The zero-order valence-electron chi connectivity index (χ0n) is 19.6. The third-order valence-electron chi connectivity index (χ3n) is 4.91. The zero-order chi connectivity index (χ0) is 23.8. The quantitative estimate of drug-likeness (QED) is 0.479. The first-order valence-corrected chi connectivity index (χ1v) is 11.1. The van der Waals surface area contributed by atoms with E-state index in [1.165, 1.54) is 0 Å². The minimum absolute atomic E-state index is 0.156. The van der Waals surface area contributed by atoms with Crippen LogP contribution < -0.4 is 15.4 Å². The van der Waals surface area contributed by atoms with Crippen molar-refractivity contribution in [1.29, 1.82) is 0 Å². The molecule has 0 radical (unpaired) electrons. The molecule has 0 atom stereocenters. The third-order valence-corrected chi connectivity index (χ3v) is 4.91. The average molecular weight is 450 g/mol. The van der Waals surface area contributed by atoms with Crippen LogP contribution in [0.3, 0.4) is 0 Å². The molecular weight excluding hydrogens is 418 g/mol. The van der Waals surface area contributed by atoms with E-state index in [0.717, 1.165) is 5.69 Å². The fraction of sp³-hybridized carbons (Fsp3) is 0.360. The van der Waals surface area contributed by atoms with Gasteiger partial charge in [0.2, 0.25) is 5.91 Å². The first kappa shape index (κ1) is 24.0. The second-order valence-electron chi connectivity index (χ2n) is 8.60. The molecule has 8 heteroatoms. The van der Waals surface area contributed by atoms with E-state index in [0.29, 0.717) is 42.5 Å². The summed E-state index contributed by atoms with van der Waals surface area (Å²) in [7, 11) is 0. The SMILES string of the molecule is CCOc1ccccc1C(=O)NCCCC(=O)Nc1cc(C(C)(C)C)nn1-c1ccccn1. The van der Waals surface area contributed by atoms with E-state index in [-0.39, 0.29) is 23.7 Å². The number of nitrogens with zero attached hydrogens (tertiary/aromatic N) is 3. The predicted molar refractivity (Wildman–Crippen MR) is 128 cm³/mol. The summed E-state index contributed by atoms with van der Waals surface area (Å²) >= 11 is 0. The van der Waals surface area contributed by atoms with Crippen LogP contribution in [0, 0.1) is 0 Å². The van der Waals surface area contributed by atoms with Crippen LogP contribution in [0.1, 0.15) is 56.6 Å². The number of hydrogen-bond donors (Lipinski definition) is 2. The average Bonchev–Trinajstić information content (AvgIpc) is 3.22. The molecule has 0 aliphatic carbocycles. The van der Waals surface area contributed by atoms with Gasteiger partial charge in [0.25, 0.3) is 5.91 Å². The second-order valence-corrected chi connectivity index (χ2v) is 8.60. The van der Waals surface area contributed by atoms with Crippen molar-refractivity contribution in [3.05, 3.63) is 66.0 Å². The molecule has 0 aliphatic heterocycles. The lowest BCUT2D eigenvalue weighted by Crippen LogP contribution is -2.26. The first-order valence-electron chi connectivity index (χ1n) is 11.1. The summed E-state index contributed by atoms with van der Waals surface area (Å²) in [4.78, 5) is 29.4. The molecule has 174 valence electrons. The number of hydrogen-bond acceptors (Lipinski definition) is 5. The van der Waals surface area contributed by atoms with Crippen LogP contribution in [0.5, 0.6) is 5.75 Å². The summed E-state index contributed by atoms with van der Waals surface area (Å²) in [6, 6.07) is 14.5. The molecule has 2 N–H and O–H groups in total. The highest BCUT2D eigenvalue weighted by Gasteiger charge is 2.22. The van der Waals surface area contributed by atoms with Gasteiger partial charge >= 0.3 is 0 Å². The van der Waals surface area contributed by atoms with Crippen LogP contribution in [0.4, 0.5) is 5.82 Å². The summed E-state index contributed by atoms with van der Waals surface area (Å²) in [5, 5.41) is 10.4. The van der Waals surface area contributed by atoms with Crippen LogP contribution in [-0.4, -0.2) is 39.7 Å². The number of aromatic nitrogens is 3. The van der Waals surface area contributed by atoms with Crippen molar-refractivity contribution in [3.8, 4) is 11.6 Å². The largest absolute Gasteiger partial charge is 0.493 e. The third kappa shape index (κ3) is 6.41. The maximum atomic E-state index is 12.6. The topological polar surface area (TPSA) is 98.1 Å². The highest BCUT2D eigenvalue weighted by atomic mass is 16.5. The number of para-hydroxylation sites is 1. The summed E-state index contributed by atoms with van der Waals surface area (Å²) in [6.07, 6.45) is 2.44. The van der Waals surface area contributed by atoms with Gasteiger partial charge in [0, 0.05) is 30.6 Å². The van der Waals surface area contributed by atoms with E-state index in [9.17, 15) is 9.59 Å². The van der Waals surface area contributed by atoms with E-state index in [1.807, 2.05) is 37.3 Å². The van der Waals surface area contributed by atoms with Crippen molar-refractivity contribution in [1.82, 2.24) is 20.1 Å². The Morgan fingerprint density at radius 2 is 1.85 bits per heavy atom. The normalized spacial score (nSPS) is 11.2. The van der Waals surface area contributed by atoms with Crippen molar-refractivity contribution < 1.29 is 14.3 Å². The van der Waals surface area contributed by atoms with Gasteiger partial charge in [-0.2, -0.15) is 9.78 Å². The second kappa shape index (κ2) is 10.8. The summed E-state index contributed by atoms with van der Waals surface area (Å²) in [5.41, 5.74) is 1.16. The lowest BCUT2D eigenvalue weighted by Gasteiger charge is -2.13. The minimum atomic E-state index is -0.220. The van der Waals surface area contributed by atoms with E-state index in [2.05, 4.69) is 41.5 Å². The number of amides is 2. The Morgan fingerprint density at radius 1 is 1.09 bits per heavy atom. The maximum absolute atomic E-state index is 12.6. The molecule has 8 nitrogen and oxygen atoms in total. The van der Waals surface area contributed by atoms with Gasteiger partial charge in [0.1, 0.15) is 11.6 Å². The smallest absolute Gasteiger partial charge is 0.255 e. The van der Waals surface area contributed by atoms with E-state index in [4.69, 9.17) is 4.74 Å². The Hall–Kier alpha value is -3.68. The lowest BCUT2D eigenvalue weighted by molar-refractivity contribution is -0.116. The molecule has 0 aliphatic rings. The number of ether oxygens (including phenoxy) is 1.